The predicted molar refractivity (Wildman–Crippen MR) is 100 cm³/mol. The van der Waals surface area contributed by atoms with Crippen LogP contribution in [0.3, 0.4) is 0 Å². The third kappa shape index (κ3) is 6.16. The zero-order chi connectivity index (χ0) is 20.0. The second-order valence-electron chi connectivity index (χ2n) is 6.61. The van der Waals surface area contributed by atoms with Crippen LogP contribution in [0.2, 0.25) is 0 Å². The summed E-state index contributed by atoms with van der Waals surface area (Å²) in [4.78, 5) is 25.9. The number of carbonyl (C=O) groups is 2. The van der Waals surface area contributed by atoms with Gasteiger partial charge in [0.1, 0.15) is 5.82 Å². The summed E-state index contributed by atoms with van der Waals surface area (Å²) in [7, 11) is -3.13. The van der Waals surface area contributed by atoms with E-state index in [0.717, 1.165) is 6.08 Å². The SMILES string of the molecule is CC[C@H](C)N(C(=O)COC(=O)/C=C/c1cccc(F)c1)[C@H]1CCS(=O)(=O)C1. The lowest BCUT2D eigenvalue weighted by molar-refractivity contribution is -0.150. The second kappa shape index (κ2) is 9.12. The largest absolute Gasteiger partial charge is 0.452 e. The Kier molecular flexibility index (Phi) is 7.12. The maximum absolute atomic E-state index is 13.1. The van der Waals surface area contributed by atoms with Gasteiger partial charge in [0, 0.05) is 18.2 Å². The molecule has 1 heterocycles. The van der Waals surface area contributed by atoms with E-state index >= 15 is 0 Å². The highest BCUT2D eigenvalue weighted by Gasteiger charge is 2.36. The first kappa shape index (κ1) is 21.1. The van der Waals surface area contributed by atoms with Crippen molar-refractivity contribution < 1.29 is 27.1 Å². The Bertz CT molecular complexity index is 821. The maximum atomic E-state index is 13.1. The molecular formula is C19H24FNO5S. The Labute approximate surface area is 158 Å². The number of sulfone groups is 1. The molecule has 8 heteroatoms. The van der Waals surface area contributed by atoms with Crippen molar-refractivity contribution in [2.24, 2.45) is 0 Å². The zero-order valence-corrected chi connectivity index (χ0v) is 16.2. The van der Waals surface area contributed by atoms with E-state index < -0.39 is 34.1 Å². The lowest BCUT2D eigenvalue weighted by atomic mass is 10.1. The highest BCUT2D eigenvalue weighted by molar-refractivity contribution is 7.91. The Balaban J connectivity index is 1.95. The van der Waals surface area contributed by atoms with Gasteiger partial charge in [0.25, 0.3) is 5.91 Å². The molecule has 0 radical (unpaired) electrons. The molecule has 0 spiro atoms. The first-order valence-corrected chi connectivity index (χ1v) is 10.7. The molecule has 1 aliphatic heterocycles. The summed E-state index contributed by atoms with van der Waals surface area (Å²) in [5.41, 5.74) is 0.496. The van der Waals surface area contributed by atoms with Gasteiger partial charge < -0.3 is 9.64 Å². The van der Waals surface area contributed by atoms with Gasteiger partial charge in [0.05, 0.1) is 11.5 Å². The summed E-state index contributed by atoms with van der Waals surface area (Å²) in [5.74, 6) is -1.56. The van der Waals surface area contributed by atoms with E-state index in [1.54, 1.807) is 6.07 Å². The summed E-state index contributed by atoms with van der Waals surface area (Å²) in [6.07, 6.45) is 3.57. The predicted octanol–water partition coefficient (Wildman–Crippen LogP) is 2.20. The monoisotopic (exact) mass is 397 g/mol. The summed E-state index contributed by atoms with van der Waals surface area (Å²) < 4.78 is 41.5. The Hall–Kier alpha value is -2.22. The number of rotatable bonds is 7. The fourth-order valence-electron chi connectivity index (χ4n) is 3.03. The van der Waals surface area contributed by atoms with Crippen LogP contribution in [0.5, 0.6) is 0 Å². The molecule has 6 nitrogen and oxygen atoms in total. The van der Waals surface area contributed by atoms with Gasteiger partial charge in [-0.1, -0.05) is 19.1 Å². The van der Waals surface area contributed by atoms with E-state index in [9.17, 15) is 22.4 Å². The molecule has 1 fully saturated rings. The van der Waals surface area contributed by atoms with E-state index in [-0.39, 0.29) is 23.6 Å². The van der Waals surface area contributed by atoms with Crippen LogP contribution in [-0.4, -0.2) is 55.4 Å². The van der Waals surface area contributed by atoms with E-state index in [2.05, 4.69) is 0 Å². The van der Waals surface area contributed by atoms with Gasteiger partial charge in [-0.25, -0.2) is 17.6 Å². The van der Waals surface area contributed by atoms with Crippen LogP contribution < -0.4 is 0 Å². The second-order valence-corrected chi connectivity index (χ2v) is 8.84. The molecule has 1 aliphatic rings. The lowest BCUT2D eigenvalue weighted by Crippen LogP contribution is -2.48. The summed E-state index contributed by atoms with van der Waals surface area (Å²) in [5, 5.41) is 0. The van der Waals surface area contributed by atoms with Gasteiger partial charge in [-0.15, -0.1) is 0 Å². The van der Waals surface area contributed by atoms with Gasteiger partial charge >= 0.3 is 5.97 Å². The first-order valence-electron chi connectivity index (χ1n) is 8.84. The van der Waals surface area contributed by atoms with Gasteiger partial charge in [0.2, 0.25) is 0 Å². The molecule has 0 aliphatic carbocycles. The molecule has 0 saturated carbocycles. The Morgan fingerprint density at radius 1 is 1.41 bits per heavy atom. The van der Waals surface area contributed by atoms with Gasteiger partial charge in [-0.05, 0) is 43.5 Å². The number of hydrogen-bond donors (Lipinski definition) is 0. The smallest absolute Gasteiger partial charge is 0.331 e. The van der Waals surface area contributed by atoms with Gasteiger partial charge in [0.15, 0.2) is 16.4 Å². The molecule has 0 unspecified atom stereocenters. The van der Waals surface area contributed by atoms with Crippen molar-refractivity contribution >= 4 is 27.8 Å². The number of amides is 1. The van der Waals surface area contributed by atoms with Crippen molar-refractivity contribution in [2.45, 2.75) is 38.8 Å². The third-order valence-corrected chi connectivity index (χ3v) is 6.30. The molecule has 27 heavy (non-hydrogen) atoms. The molecule has 1 aromatic rings. The van der Waals surface area contributed by atoms with Crippen molar-refractivity contribution in [3.63, 3.8) is 0 Å². The van der Waals surface area contributed by atoms with Crippen LogP contribution >= 0.6 is 0 Å². The minimum absolute atomic E-state index is 0.0590. The lowest BCUT2D eigenvalue weighted by Gasteiger charge is -2.33. The van der Waals surface area contributed by atoms with Crippen molar-refractivity contribution in [2.75, 3.05) is 18.1 Å². The van der Waals surface area contributed by atoms with Crippen LogP contribution in [0.4, 0.5) is 4.39 Å². The van der Waals surface area contributed by atoms with Crippen LogP contribution in [-0.2, 0) is 24.2 Å². The van der Waals surface area contributed by atoms with Crippen molar-refractivity contribution in [1.82, 2.24) is 4.90 Å². The maximum Gasteiger partial charge on any atom is 0.331 e. The van der Waals surface area contributed by atoms with Crippen LogP contribution in [0.1, 0.15) is 32.3 Å². The van der Waals surface area contributed by atoms with E-state index in [4.69, 9.17) is 4.74 Å². The summed E-state index contributed by atoms with van der Waals surface area (Å²) in [6, 6.07) is 5.16. The summed E-state index contributed by atoms with van der Waals surface area (Å²) >= 11 is 0. The zero-order valence-electron chi connectivity index (χ0n) is 15.4. The number of hydrogen-bond acceptors (Lipinski definition) is 5. The minimum atomic E-state index is -3.13. The average Bonchev–Trinajstić information content (AvgIpc) is 2.97. The standard InChI is InChI=1S/C19H24FNO5S/c1-3-14(2)21(17-9-10-27(24,25)13-17)18(22)12-26-19(23)8-7-15-5-4-6-16(20)11-15/h4-8,11,14,17H,3,9-10,12-13H2,1-2H3/b8-7+/t14-,17-/m0/s1. The molecule has 0 bridgehead atoms. The van der Waals surface area contributed by atoms with Gasteiger partial charge in [-0.2, -0.15) is 0 Å². The molecule has 2 rings (SSSR count). The van der Waals surface area contributed by atoms with E-state index in [1.165, 1.54) is 29.2 Å². The van der Waals surface area contributed by atoms with Crippen LogP contribution in [0.15, 0.2) is 30.3 Å². The highest BCUT2D eigenvalue weighted by atomic mass is 32.2. The summed E-state index contributed by atoms with van der Waals surface area (Å²) in [6.45, 7) is 3.28. The fourth-order valence-corrected chi connectivity index (χ4v) is 4.74. The van der Waals surface area contributed by atoms with Crippen LogP contribution in [0.25, 0.3) is 6.08 Å². The van der Waals surface area contributed by atoms with Crippen LogP contribution in [0, 0.1) is 5.82 Å². The third-order valence-electron chi connectivity index (χ3n) is 4.55. The molecule has 1 amide bonds. The average molecular weight is 397 g/mol. The number of benzene rings is 1. The molecule has 148 valence electrons. The minimum Gasteiger partial charge on any atom is -0.452 e. The normalized spacial score (nSPS) is 19.7. The van der Waals surface area contributed by atoms with E-state index in [0.29, 0.717) is 18.4 Å². The number of ether oxygens (including phenoxy) is 1. The molecular weight excluding hydrogens is 373 g/mol. The van der Waals surface area contributed by atoms with E-state index in [1.807, 2.05) is 13.8 Å². The number of nitrogens with zero attached hydrogens (tertiary/aromatic N) is 1. The number of esters is 1. The van der Waals surface area contributed by atoms with Crippen molar-refractivity contribution in [3.8, 4) is 0 Å². The van der Waals surface area contributed by atoms with Crippen molar-refractivity contribution in [3.05, 3.63) is 41.7 Å². The fraction of sp³-hybridized carbons (Fsp3) is 0.474. The molecule has 0 aromatic heterocycles. The topological polar surface area (TPSA) is 80.8 Å². The Morgan fingerprint density at radius 2 is 2.15 bits per heavy atom. The molecule has 1 aromatic carbocycles. The van der Waals surface area contributed by atoms with Crippen molar-refractivity contribution in [1.29, 1.82) is 0 Å². The first-order chi connectivity index (χ1) is 12.7. The number of halogens is 1. The molecule has 0 N–H and O–H groups in total. The molecule has 1 saturated heterocycles. The highest BCUT2D eigenvalue weighted by Crippen LogP contribution is 2.21. The van der Waals surface area contributed by atoms with Gasteiger partial charge in [-0.3, -0.25) is 4.79 Å². The quantitative estimate of drug-likeness (QED) is 0.520. The Morgan fingerprint density at radius 3 is 2.74 bits per heavy atom. The molecule has 2 atom stereocenters. The number of carbonyl (C=O) groups excluding carboxylic acids is 2.